The number of nitrogens with zero attached hydrogens (tertiary/aromatic N) is 4. The number of benzene rings is 2. The van der Waals surface area contributed by atoms with Crippen LogP contribution in [-0.2, 0) is 11.3 Å². The van der Waals surface area contributed by atoms with Gasteiger partial charge >= 0.3 is 6.09 Å². The molecule has 27 heavy (non-hydrogen) atoms. The summed E-state index contributed by atoms with van der Waals surface area (Å²) in [6.07, 6.45) is 0.0434. The maximum atomic E-state index is 12.7. The lowest BCUT2D eigenvalue weighted by atomic mass is 10.1. The second kappa shape index (κ2) is 6.28. The Hall–Kier alpha value is -3.61. The number of carbonyl (C=O) groups is 1. The van der Waals surface area contributed by atoms with Crippen LogP contribution >= 0.6 is 0 Å². The van der Waals surface area contributed by atoms with Gasteiger partial charge in [0.25, 0.3) is 0 Å². The van der Waals surface area contributed by atoms with Crippen molar-refractivity contribution in [2.45, 2.75) is 18.8 Å². The standard InChI is InChI=1S/C20H16N4O3/c25-20-23(13-14-7-2-1-3-8-14)19(18(27-20)17-11-6-12-26-17)24-16-10-5-4-9-15(16)21-22-24/h1-12,18-19H,13H2. The molecule has 1 amide bonds. The molecule has 7 heteroatoms. The molecule has 0 N–H and O–H groups in total. The molecule has 1 aliphatic heterocycles. The molecule has 0 spiro atoms. The summed E-state index contributed by atoms with van der Waals surface area (Å²) in [7, 11) is 0. The van der Waals surface area contributed by atoms with Crippen molar-refractivity contribution in [1.29, 1.82) is 0 Å². The summed E-state index contributed by atoms with van der Waals surface area (Å²) < 4.78 is 13.0. The number of cyclic esters (lactones) is 1. The number of fused-ring (bicyclic) bond motifs is 1. The normalized spacial score (nSPS) is 19.6. The van der Waals surface area contributed by atoms with E-state index in [9.17, 15) is 4.79 Å². The van der Waals surface area contributed by atoms with Crippen molar-refractivity contribution in [3.05, 3.63) is 84.3 Å². The summed E-state index contributed by atoms with van der Waals surface area (Å²) in [5, 5.41) is 8.55. The van der Waals surface area contributed by atoms with Gasteiger partial charge in [0.05, 0.1) is 18.3 Å². The van der Waals surface area contributed by atoms with E-state index in [1.807, 2.05) is 54.6 Å². The van der Waals surface area contributed by atoms with Crippen LogP contribution in [0, 0.1) is 0 Å². The van der Waals surface area contributed by atoms with Crippen LogP contribution < -0.4 is 0 Å². The van der Waals surface area contributed by atoms with Crippen molar-refractivity contribution in [2.24, 2.45) is 0 Å². The van der Waals surface area contributed by atoms with Crippen molar-refractivity contribution in [2.75, 3.05) is 0 Å². The van der Waals surface area contributed by atoms with Gasteiger partial charge < -0.3 is 9.15 Å². The molecule has 0 saturated carbocycles. The number of amides is 1. The Morgan fingerprint density at radius 2 is 1.78 bits per heavy atom. The highest BCUT2D eigenvalue weighted by Crippen LogP contribution is 2.41. The van der Waals surface area contributed by atoms with Crippen LogP contribution in [0.1, 0.15) is 23.6 Å². The third kappa shape index (κ3) is 2.64. The van der Waals surface area contributed by atoms with Crippen LogP contribution in [0.25, 0.3) is 11.0 Å². The molecule has 2 unspecified atom stereocenters. The summed E-state index contributed by atoms with van der Waals surface area (Å²) >= 11 is 0. The van der Waals surface area contributed by atoms with E-state index in [1.165, 1.54) is 0 Å². The molecule has 2 atom stereocenters. The van der Waals surface area contributed by atoms with Gasteiger partial charge in [-0.3, -0.25) is 4.90 Å². The summed E-state index contributed by atoms with van der Waals surface area (Å²) in [5.41, 5.74) is 2.59. The van der Waals surface area contributed by atoms with Crippen molar-refractivity contribution < 1.29 is 13.9 Å². The largest absolute Gasteiger partial charge is 0.465 e. The van der Waals surface area contributed by atoms with Gasteiger partial charge in [0, 0.05) is 0 Å². The van der Waals surface area contributed by atoms with Gasteiger partial charge in [-0.2, -0.15) is 0 Å². The second-order valence-corrected chi connectivity index (χ2v) is 6.37. The molecular weight excluding hydrogens is 344 g/mol. The summed E-state index contributed by atoms with van der Waals surface area (Å²) in [6.45, 7) is 0.399. The quantitative estimate of drug-likeness (QED) is 0.551. The Labute approximate surface area is 154 Å². The Kier molecular flexibility index (Phi) is 3.64. The Morgan fingerprint density at radius 3 is 2.59 bits per heavy atom. The lowest BCUT2D eigenvalue weighted by molar-refractivity contribution is 0.101. The molecule has 2 aromatic carbocycles. The molecule has 1 fully saturated rings. The van der Waals surface area contributed by atoms with E-state index >= 15 is 0 Å². The number of carbonyl (C=O) groups excluding carboxylic acids is 1. The van der Waals surface area contributed by atoms with Gasteiger partial charge in [-0.05, 0) is 29.8 Å². The number of aromatic nitrogens is 3. The maximum absolute atomic E-state index is 12.7. The van der Waals surface area contributed by atoms with Gasteiger partial charge in [-0.1, -0.05) is 47.7 Å². The lowest BCUT2D eigenvalue weighted by Gasteiger charge is -2.24. The van der Waals surface area contributed by atoms with E-state index in [2.05, 4.69) is 10.3 Å². The molecule has 0 aliphatic carbocycles. The summed E-state index contributed by atoms with van der Waals surface area (Å²) in [5.74, 6) is 0.573. The fourth-order valence-corrected chi connectivity index (χ4v) is 3.45. The van der Waals surface area contributed by atoms with E-state index in [0.29, 0.717) is 12.3 Å². The average molecular weight is 360 g/mol. The third-order valence-electron chi connectivity index (χ3n) is 4.70. The molecule has 134 valence electrons. The Morgan fingerprint density at radius 1 is 0.963 bits per heavy atom. The molecule has 2 aromatic heterocycles. The minimum atomic E-state index is -0.610. The van der Waals surface area contributed by atoms with E-state index < -0.39 is 18.4 Å². The SMILES string of the molecule is O=C1OC(c2ccco2)C(n2nnc3ccccc32)N1Cc1ccccc1. The lowest BCUT2D eigenvalue weighted by Crippen LogP contribution is -2.32. The minimum Gasteiger partial charge on any atom is -0.465 e. The smallest absolute Gasteiger partial charge is 0.412 e. The Bertz CT molecular complexity index is 1080. The highest BCUT2D eigenvalue weighted by atomic mass is 16.6. The maximum Gasteiger partial charge on any atom is 0.412 e. The molecule has 0 bridgehead atoms. The molecule has 1 aliphatic rings. The van der Waals surface area contributed by atoms with Gasteiger partial charge in [0.15, 0.2) is 6.17 Å². The highest BCUT2D eigenvalue weighted by Gasteiger charge is 2.46. The molecule has 7 nitrogen and oxygen atoms in total. The first-order chi connectivity index (χ1) is 13.3. The monoisotopic (exact) mass is 360 g/mol. The van der Waals surface area contributed by atoms with Crippen LogP contribution in [0.15, 0.2) is 77.4 Å². The number of rotatable bonds is 4. The zero-order chi connectivity index (χ0) is 18.2. The fourth-order valence-electron chi connectivity index (χ4n) is 3.45. The van der Waals surface area contributed by atoms with Crippen molar-refractivity contribution >= 4 is 17.1 Å². The van der Waals surface area contributed by atoms with Crippen LogP contribution in [0.5, 0.6) is 0 Å². The van der Waals surface area contributed by atoms with Crippen molar-refractivity contribution in [1.82, 2.24) is 19.9 Å². The zero-order valence-electron chi connectivity index (χ0n) is 14.3. The van der Waals surface area contributed by atoms with Crippen LogP contribution in [0.2, 0.25) is 0 Å². The van der Waals surface area contributed by atoms with Crippen LogP contribution in [0.4, 0.5) is 4.79 Å². The van der Waals surface area contributed by atoms with Gasteiger partial charge in [0.2, 0.25) is 6.10 Å². The number of furan rings is 1. The summed E-state index contributed by atoms with van der Waals surface area (Å²) in [4.78, 5) is 14.4. The number of ether oxygens (including phenoxy) is 1. The van der Waals surface area contributed by atoms with E-state index in [1.54, 1.807) is 28.0 Å². The summed E-state index contributed by atoms with van der Waals surface area (Å²) in [6, 6.07) is 21.0. The number of para-hydroxylation sites is 1. The third-order valence-corrected chi connectivity index (χ3v) is 4.70. The average Bonchev–Trinajstić information content (AvgIpc) is 3.42. The van der Waals surface area contributed by atoms with Gasteiger partial charge in [0.1, 0.15) is 11.3 Å². The zero-order valence-corrected chi connectivity index (χ0v) is 14.3. The first-order valence-corrected chi connectivity index (χ1v) is 8.66. The number of hydrogen-bond donors (Lipinski definition) is 0. The fraction of sp³-hybridized carbons (Fsp3) is 0.150. The molecule has 1 saturated heterocycles. The van der Waals surface area contributed by atoms with E-state index in [4.69, 9.17) is 9.15 Å². The van der Waals surface area contributed by atoms with Crippen molar-refractivity contribution in [3.63, 3.8) is 0 Å². The van der Waals surface area contributed by atoms with E-state index in [-0.39, 0.29) is 0 Å². The van der Waals surface area contributed by atoms with Crippen LogP contribution in [-0.4, -0.2) is 26.0 Å². The van der Waals surface area contributed by atoms with Crippen LogP contribution in [0.3, 0.4) is 0 Å². The molecule has 0 radical (unpaired) electrons. The van der Waals surface area contributed by atoms with Gasteiger partial charge in [-0.15, -0.1) is 5.10 Å². The predicted molar refractivity (Wildman–Crippen MR) is 96.5 cm³/mol. The number of hydrogen-bond acceptors (Lipinski definition) is 5. The first-order valence-electron chi connectivity index (χ1n) is 8.66. The molecule has 4 aromatic rings. The predicted octanol–water partition coefficient (Wildman–Crippen LogP) is 3.92. The molecule has 3 heterocycles. The second-order valence-electron chi connectivity index (χ2n) is 6.37. The van der Waals surface area contributed by atoms with Gasteiger partial charge in [-0.25, -0.2) is 9.48 Å². The topological polar surface area (TPSA) is 73.4 Å². The first kappa shape index (κ1) is 15.6. The highest BCUT2D eigenvalue weighted by molar-refractivity contribution is 5.75. The minimum absolute atomic E-state index is 0.399. The van der Waals surface area contributed by atoms with Crippen molar-refractivity contribution in [3.8, 4) is 0 Å². The Balaban J connectivity index is 1.61. The molecular formula is C20H16N4O3. The molecule has 5 rings (SSSR count). The van der Waals surface area contributed by atoms with E-state index in [0.717, 1.165) is 16.6 Å².